The summed E-state index contributed by atoms with van der Waals surface area (Å²) in [6.07, 6.45) is 0.131. The Morgan fingerprint density at radius 2 is 1.95 bits per heavy atom. The molecule has 0 fully saturated rings. The third-order valence-electron chi connectivity index (χ3n) is 2.75. The smallest absolute Gasteiger partial charge is 0.129 e. The molecule has 1 heterocycles. The number of rotatable bonds is 5. The Kier molecular flexibility index (Phi) is 4.45. The molecule has 0 saturated carbocycles. The predicted octanol–water partition coefficient (Wildman–Crippen LogP) is 3.59. The molecule has 1 atom stereocenters. The summed E-state index contributed by atoms with van der Waals surface area (Å²) >= 11 is 1.60. The topological polar surface area (TPSA) is 44.5 Å². The summed E-state index contributed by atoms with van der Waals surface area (Å²) in [4.78, 5) is 1.07. The maximum absolute atomic E-state index is 6.34. The zero-order valence-electron chi connectivity index (χ0n) is 11.4. The van der Waals surface area contributed by atoms with Crippen LogP contribution in [0.15, 0.2) is 35.7 Å². The monoisotopic (exact) mass is 277 g/mol. The largest absolute Gasteiger partial charge is 0.496 e. The van der Waals surface area contributed by atoms with Gasteiger partial charge in [-0.25, -0.2) is 0 Å². The van der Waals surface area contributed by atoms with Crippen molar-refractivity contribution in [2.45, 2.75) is 26.0 Å². The molecule has 0 spiro atoms. The first kappa shape index (κ1) is 13.9. The number of methoxy groups -OCH3 is 1. The second kappa shape index (κ2) is 6.08. The Balaban J connectivity index is 2.29. The van der Waals surface area contributed by atoms with E-state index in [1.54, 1.807) is 18.4 Å². The van der Waals surface area contributed by atoms with Gasteiger partial charge in [0.25, 0.3) is 0 Å². The number of para-hydroxylation sites is 1. The van der Waals surface area contributed by atoms with Gasteiger partial charge in [-0.3, -0.25) is 0 Å². The Hall–Kier alpha value is -1.52. The summed E-state index contributed by atoms with van der Waals surface area (Å²) in [5.74, 6) is 1.69. The second-order valence-electron chi connectivity index (χ2n) is 4.57. The summed E-state index contributed by atoms with van der Waals surface area (Å²) in [7, 11) is 1.66. The number of hydrogen-bond donors (Lipinski definition) is 1. The van der Waals surface area contributed by atoms with E-state index in [9.17, 15) is 0 Å². The van der Waals surface area contributed by atoms with Gasteiger partial charge in [-0.15, -0.1) is 11.3 Å². The third-order valence-corrected chi connectivity index (χ3v) is 3.75. The molecule has 0 aliphatic carbocycles. The Morgan fingerprint density at radius 1 is 1.21 bits per heavy atom. The molecule has 1 aromatic carbocycles. The Bertz CT molecular complexity index is 536. The Labute approximate surface area is 118 Å². The molecule has 4 heteroatoms. The average Bonchev–Trinajstić information content (AvgIpc) is 2.86. The van der Waals surface area contributed by atoms with Gasteiger partial charge in [-0.2, -0.15) is 0 Å². The van der Waals surface area contributed by atoms with Gasteiger partial charge in [0, 0.05) is 15.8 Å². The van der Waals surface area contributed by atoms with E-state index in [-0.39, 0.29) is 12.1 Å². The van der Waals surface area contributed by atoms with E-state index in [1.165, 1.54) is 0 Å². The van der Waals surface area contributed by atoms with Crippen molar-refractivity contribution in [2.24, 2.45) is 5.73 Å². The van der Waals surface area contributed by atoms with E-state index < -0.39 is 0 Å². The molecule has 0 saturated heterocycles. The molecule has 2 rings (SSSR count). The summed E-state index contributed by atoms with van der Waals surface area (Å²) < 4.78 is 11.0. The first-order chi connectivity index (χ1) is 9.11. The highest BCUT2D eigenvalue weighted by Gasteiger charge is 2.16. The highest BCUT2D eigenvalue weighted by molar-refractivity contribution is 7.10. The molecule has 0 amide bonds. The molecule has 3 nitrogen and oxygen atoms in total. The van der Waals surface area contributed by atoms with Gasteiger partial charge in [0.2, 0.25) is 0 Å². The van der Waals surface area contributed by atoms with Crippen LogP contribution in [0.25, 0.3) is 0 Å². The van der Waals surface area contributed by atoms with Crippen LogP contribution in [0, 0.1) is 0 Å². The van der Waals surface area contributed by atoms with Gasteiger partial charge in [0.15, 0.2) is 0 Å². The molecule has 0 radical (unpaired) electrons. The van der Waals surface area contributed by atoms with Crippen molar-refractivity contribution >= 4 is 11.3 Å². The lowest BCUT2D eigenvalue weighted by atomic mass is 10.1. The van der Waals surface area contributed by atoms with Gasteiger partial charge in [0.1, 0.15) is 11.5 Å². The van der Waals surface area contributed by atoms with Crippen LogP contribution in [-0.4, -0.2) is 13.2 Å². The van der Waals surface area contributed by atoms with E-state index in [4.69, 9.17) is 15.2 Å². The molecule has 1 unspecified atom stereocenters. The molecule has 2 N–H and O–H groups in total. The highest BCUT2D eigenvalue weighted by Crippen LogP contribution is 2.33. The van der Waals surface area contributed by atoms with Gasteiger partial charge in [-0.1, -0.05) is 18.2 Å². The molecule has 0 bridgehead atoms. The van der Waals surface area contributed by atoms with Crippen LogP contribution in [-0.2, 0) is 0 Å². The molecule has 102 valence electrons. The lowest BCUT2D eigenvalue weighted by Crippen LogP contribution is -2.14. The second-order valence-corrected chi connectivity index (χ2v) is 5.51. The normalized spacial score (nSPS) is 12.5. The van der Waals surface area contributed by atoms with Crippen molar-refractivity contribution in [3.05, 3.63) is 46.2 Å². The van der Waals surface area contributed by atoms with E-state index in [2.05, 4.69) is 0 Å². The number of thiophene rings is 1. The maximum Gasteiger partial charge on any atom is 0.129 e. The molecule has 1 aromatic heterocycles. The van der Waals surface area contributed by atoms with E-state index in [0.29, 0.717) is 0 Å². The van der Waals surface area contributed by atoms with E-state index in [0.717, 1.165) is 21.9 Å². The molecule has 19 heavy (non-hydrogen) atoms. The minimum absolute atomic E-state index is 0.131. The molecular weight excluding hydrogens is 258 g/mol. The van der Waals surface area contributed by atoms with Crippen molar-refractivity contribution in [2.75, 3.05) is 7.11 Å². The molecule has 2 aromatic rings. The van der Waals surface area contributed by atoms with E-state index in [1.807, 2.05) is 49.6 Å². The fraction of sp³-hybridized carbons (Fsp3) is 0.333. The van der Waals surface area contributed by atoms with Crippen LogP contribution in [0.3, 0.4) is 0 Å². The summed E-state index contributed by atoms with van der Waals surface area (Å²) in [5.41, 5.74) is 7.34. The molecule has 0 aliphatic rings. The predicted molar refractivity (Wildman–Crippen MR) is 79.1 cm³/mol. The van der Waals surface area contributed by atoms with Crippen LogP contribution in [0.2, 0.25) is 0 Å². The van der Waals surface area contributed by atoms with Crippen molar-refractivity contribution in [1.29, 1.82) is 0 Å². The number of benzene rings is 1. The number of hydrogen-bond acceptors (Lipinski definition) is 4. The third kappa shape index (κ3) is 3.28. The maximum atomic E-state index is 6.34. The Morgan fingerprint density at radius 3 is 2.58 bits per heavy atom. The minimum Gasteiger partial charge on any atom is -0.496 e. The first-order valence-corrected chi connectivity index (χ1v) is 7.13. The SMILES string of the molecule is COc1csc(C(N)c2ccccc2OC(C)C)c1. The minimum atomic E-state index is -0.191. The van der Waals surface area contributed by atoms with Crippen molar-refractivity contribution in [3.63, 3.8) is 0 Å². The van der Waals surface area contributed by atoms with Crippen LogP contribution >= 0.6 is 11.3 Å². The van der Waals surface area contributed by atoms with Crippen molar-refractivity contribution in [3.8, 4) is 11.5 Å². The quantitative estimate of drug-likeness (QED) is 0.908. The standard InChI is InChI=1S/C15H19NO2S/c1-10(2)18-13-7-5-4-6-12(13)15(16)14-8-11(17-3)9-19-14/h4-10,15H,16H2,1-3H3. The summed E-state index contributed by atoms with van der Waals surface area (Å²) in [6, 6.07) is 9.69. The zero-order chi connectivity index (χ0) is 13.8. The number of ether oxygens (including phenoxy) is 2. The van der Waals surface area contributed by atoms with Crippen LogP contribution in [0.5, 0.6) is 11.5 Å². The van der Waals surface area contributed by atoms with Crippen molar-refractivity contribution in [1.82, 2.24) is 0 Å². The average molecular weight is 277 g/mol. The summed E-state index contributed by atoms with van der Waals surface area (Å²) in [5, 5.41) is 1.96. The van der Waals surface area contributed by atoms with E-state index >= 15 is 0 Å². The first-order valence-electron chi connectivity index (χ1n) is 6.25. The van der Waals surface area contributed by atoms with Gasteiger partial charge in [-0.05, 0) is 26.0 Å². The zero-order valence-corrected chi connectivity index (χ0v) is 12.2. The van der Waals surface area contributed by atoms with Crippen molar-refractivity contribution < 1.29 is 9.47 Å². The van der Waals surface area contributed by atoms with Crippen LogP contribution in [0.4, 0.5) is 0 Å². The number of nitrogens with two attached hydrogens (primary N) is 1. The highest BCUT2D eigenvalue weighted by atomic mass is 32.1. The summed E-state index contributed by atoms with van der Waals surface area (Å²) in [6.45, 7) is 4.02. The lowest BCUT2D eigenvalue weighted by molar-refractivity contribution is 0.239. The lowest BCUT2D eigenvalue weighted by Gasteiger charge is -2.17. The van der Waals surface area contributed by atoms with Crippen LogP contribution in [0.1, 0.15) is 30.3 Å². The van der Waals surface area contributed by atoms with Gasteiger partial charge in [0.05, 0.1) is 19.3 Å². The fourth-order valence-corrected chi connectivity index (χ4v) is 2.73. The molecule has 0 aliphatic heterocycles. The fourth-order valence-electron chi connectivity index (χ4n) is 1.86. The van der Waals surface area contributed by atoms with Gasteiger partial charge >= 0.3 is 0 Å². The van der Waals surface area contributed by atoms with Crippen LogP contribution < -0.4 is 15.2 Å². The molecular formula is C15H19NO2S. The van der Waals surface area contributed by atoms with Gasteiger partial charge < -0.3 is 15.2 Å².